The summed E-state index contributed by atoms with van der Waals surface area (Å²) in [5.41, 5.74) is 0. The maximum atomic E-state index is 12.7. The molecule has 1 aliphatic rings. The van der Waals surface area contributed by atoms with Gasteiger partial charge >= 0.3 is 18.1 Å². The van der Waals surface area contributed by atoms with Crippen molar-refractivity contribution in [2.24, 2.45) is 11.8 Å². The highest BCUT2D eigenvalue weighted by molar-refractivity contribution is 5.69. The fourth-order valence-corrected chi connectivity index (χ4v) is 7.80. The number of unbranched alkanes of at least 4 members (excludes halogenated alkanes) is 17. The number of likely N-dealkylation sites (N-methyl/N-ethyl adjacent to an activating group) is 1. The summed E-state index contributed by atoms with van der Waals surface area (Å²) in [7, 11) is 2.14. The van der Waals surface area contributed by atoms with Gasteiger partial charge in [0.25, 0.3) is 0 Å². The van der Waals surface area contributed by atoms with Crippen LogP contribution in [0, 0.1) is 11.8 Å². The Hall–Kier alpha value is -2.85. The van der Waals surface area contributed by atoms with E-state index in [2.05, 4.69) is 68.5 Å². The predicted octanol–water partition coefficient (Wildman–Crippen LogP) is 13.7. The van der Waals surface area contributed by atoms with Crippen LogP contribution in [0.2, 0.25) is 0 Å². The van der Waals surface area contributed by atoms with Crippen LogP contribution in [0.4, 0.5) is 4.79 Å². The molecule has 1 saturated heterocycles. The Labute approximate surface area is 393 Å². The molecule has 1 heterocycles. The SMILES string of the molecule is C=C(CCCCCCC/C=C\C/C=C\CCCCC)OCC(COC(=O)CCCCCCCCC(=O)OCC(CCCC)CCCCCC)COC(=O)OCCCN1CCN(C)CC1. The minimum Gasteiger partial charge on any atom is -0.498 e. The minimum atomic E-state index is -0.709. The normalized spacial score (nSPS) is 14.5. The lowest BCUT2D eigenvalue weighted by Crippen LogP contribution is -2.44. The maximum Gasteiger partial charge on any atom is 0.508 e. The summed E-state index contributed by atoms with van der Waals surface area (Å²) in [5, 5.41) is 0. The van der Waals surface area contributed by atoms with Gasteiger partial charge in [0.05, 0.1) is 31.5 Å². The Morgan fingerprint density at radius 2 is 0.984 bits per heavy atom. The highest BCUT2D eigenvalue weighted by atomic mass is 16.7. The van der Waals surface area contributed by atoms with Gasteiger partial charge in [-0.2, -0.15) is 0 Å². The van der Waals surface area contributed by atoms with E-state index in [1.807, 2.05) is 0 Å². The summed E-state index contributed by atoms with van der Waals surface area (Å²) in [6.45, 7) is 17.1. The molecule has 1 rings (SSSR count). The Morgan fingerprint density at radius 3 is 1.61 bits per heavy atom. The van der Waals surface area contributed by atoms with Crippen molar-refractivity contribution < 1.29 is 38.1 Å². The molecule has 0 spiro atoms. The smallest absolute Gasteiger partial charge is 0.498 e. The van der Waals surface area contributed by atoms with Crippen LogP contribution in [0.1, 0.15) is 207 Å². The third-order valence-corrected chi connectivity index (χ3v) is 12.2. The number of hydrogen-bond donors (Lipinski definition) is 0. The highest BCUT2D eigenvalue weighted by Gasteiger charge is 2.18. The Balaban J connectivity index is 2.33. The van der Waals surface area contributed by atoms with Crippen molar-refractivity contribution in [3.8, 4) is 0 Å². The minimum absolute atomic E-state index is 0.0353. The number of carbonyl (C=O) groups excluding carboxylic acids is 3. The molecule has 1 fully saturated rings. The molecule has 64 heavy (non-hydrogen) atoms. The number of carbonyl (C=O) groups is 3. The van der Waals surface area contributed by atoms with Crippen molar-refractivity contribution in [3.05, 3.63) is 36.6 Å². The van der Waals surface area contributed by atoms with Crippen molar-refractivity contribution >= 4 is 18.1 Å². The molecule has 10 heteroatoms. The van der Waals surface area contributed by atoms with E-state index in [0.717, 1.165) is 123 Å². The molecule has 10 nitrogen and oxygen atoms in total. The zero-order valence-corrected chi connectivity index (χ0v) is 41.9. The summed E-state index contributed by atoms with van der Waals surface area (Å²) >= 11 is 0. The quantitative estimate of drug-likeness (QED) is 0.0193. The number of allylic oxidation sites excluding steroid dienone is 5. The highest BCUT2D eigenvalue weighted by Crippen LogP contribution is 2.19. The number of esters is 2. The summed E-state index contributed by atoms with van der Waals surface area (Å²) < 4.78 is 28.2. The van der Waals surface area contributed by atoms with E-state index in [9.17, 15) is 14.4 Å². The molecule has 0 aliphatic carbocycles. The second-order valence-corrected chi connectivity index (χ2v) is 18.4. The van der Waals surface area contributed by atoms with E-state index in [1.54, 1.807) is 0 Å². The molecule has 0 radical (unpaired) electrons. The van der Waals surface area contributed by atoms with Gasteiger partial charge in [-0.1, -0.05) is 148 Å². The van der Waals surface area contributed by atoms with Gasteiger partial charge in [-0.25, -0.2) is 4.79 Å². The Kier molecular flexibility index (Phi) is 40.7. The Bertz CT molecular complexity index is 1180. The molecular formula is C54H98N2O8. The van der Waals surface area contributed by atoms with Gasteiger partial charge in [0.1, 0.15) is 13.2 Å². The van der Waals surface area contributed by atoms with Crippen molar-refractivity contribution in [1.29, 1.82) is 0 Å². The zero-order chi connectivity index (χ0) is 46.6. The third kappa shape index (κ3) is 38.4. The Morgan fingerprint density at radius 1 is 0.500 bits per heavy atom. The first kappa shape index (κ1) is 59.2. The van der Waals surface area contributed by atoms with Crippen molar-refractivity contribution in [2.45, 2.75) is 207 Å². The van der Waals surface area contributed by atoms with Gasteiger partial charge in [0, 0.05) is 52.0 Å². The summed E-state index contributed by atoms with van der Waals surface area (Å²) in [5.74, 6) is 0.539. The maximum absolute atomic E-state index is 12.7. The van der Waals surface area contributed by atoms with E-state index >= 15 is 0 Å². The largest absolute Gasteiger partial charge is 0.508 e. The van der Waals surface area contributed by atoms with Gasteiger partial charge in [-0.3, -0.25) is 9.59 Å². The van der Waals surface area contributed by atoms with E-state index in [4.69, 9.17) is 23.7 Å². The average molecular weight is 903 g/mol. The average Bonchev–Trinajstić information content (AvgIpc) is 3.29. The summed E-state index contributed by atoms with van der Waals surface area (Å²) in [6, 6.07) is 0. The van der Waals surface area contributed by atoms with Gasteiger partial charge in [-0.15, -0.1) is 0 Å². The number of hydrogen-bond acceptors (Lipinski definition) is 10. The second kappa shape index (κ2) is 44.0. The second-order valence-electron chi connectivity index (χ2n) is 18.4. The number of rotatable bonds is 44. The van der Waals surface area contributed by atoms with Gasteiger partial charge < -0.3 is 33.5 Å². The van der Waals surface area contributed by atoms with Crippen LogP contribution in [0.25, 0.3) is 0 Å². The zero-order valence-electron chi connectivity index (χ0n) is 41.9. The topological polar surface area (TPSA) is 104 Å². The third-order valence-electron chi connectivity index (χ3n) is 12.2. The van der Waals surface area contributed by atoms with E-state index in [0.29, 0.717) is 37.7 Å². The van der Waals surface area contributed by atoms with Gasteiger partial charge in [0.15, 0.2) is 0 Å². The lowest BCUT2D eigenvalue weighted by Gasteiger charge is -2.32. The van der Waals surface area contributed by atoms with Crippen LogP contribution < -0.4 is 0 Å². The van der Waals surface area contributed by atoms with Crippen LogP contribution in [0.15, 0.2) is 36.6 Å². The van der Waals surface area contributed by atoms with E-state index in [-0.39, 0.29) is 37.7 Å². The van der Waals surface area contributed by atoms with E-state index in [1.165, 1.54) is 83.5 Å². The summed E-state index contributed by atoms with van der Waals surface area (Å²) in [4.78, 5) is 42.3. The van der Waals surface area contributed by atoms with Crippen molar-refractivity contribution in [2.75, 3.05) is 72.8 Å². The van der Waals surface area contributed by atoms with Crippen molar-refractivity contribution in [3.63, 3.8) is 0 Å². The molecule has 0 N–H and O–H groups in total. The monoisotopic (exact) mass is 903 g/mol. The lowest BCUT2D eigenvalue weighted by molar-refractivity contribution is -0.146. The molecule has 2 unspecified atom stereocenters. The van der Waals surface area contributed by atoms with Gasteiger partial charge in [-0.05, 0) is 83.6 Å². The molecule has 0 amide bonds. The molecule has 0 saturated carbocycles. The van der Waals surface area contributed by atoms with E-state index < -0.39 is 6.16 Å². The molecule has 0 aromatic carbocycles. The number of ether oxygens (including phenoxy) is 5. The van der Waals surface area contributed by atoms with Crippen LogP contribution in [0.3, 0.4) is 0 Å². The molecule has 2 atom stereocenters. The number of nitrogens with zero attached hydrogens (tertiary/aromatic N) is 2. The van der Waals surface area contributed by atoms with Crippen LogP contribution in [-0.4, -0.2) is 101 Å². The lowest BCUT2D eigenvalue weighted by atomic mass is 9.96. The van der Waals surface area contributed by atoms with Gasteiger partial charge in [0.2, 0.25) is 0 Å². The molecule has 0 aromatic rings. The molecule has 0 bridgehead atoms. The molecule has 372 valence electrons. The fraction of sp³-hybridized carbons (Fsp3) is 0.833. The predicted molar refractivity (Wildman–Crippen MR) is 264 cm³/mol. The van der Waals surface area contributed by atoms with Crippen molar-refractivity contribution in [1.82, 2.24) is 9.80 Å². The first-order chi connectivity index (χ1) is 31.3. The number of piperazine rings is 1. The summed E-state index contributed by atoms with van der Waals surface area (Å²) in [6.07, 6.45) is 39.1. The standard InChI is InChI=1S/C54H98N2O8/c1-6-9-12-14-15-16-17-18-19-20-21-22-23-26-29-34-49(4)61-46-51(48-64-54(59)60-44-33-39-56-42-40-55(5)41-43-56)47-63-53(58)38-32-28-25-24-27-31-37-52(57)62-45-50(35-11-8-3)36-30-13-10-7-2/h15-16,18-19,50-51H,4,6-14,17,20-48H2,1-3,5H3/b16-15-,19-18-. The van der Waals surface area contributed by atoms with Crippen LogP contribution >= 0.6 is 0 Å². The molecule has 1 aliphatic heterocycles. The fourth-order valence-electron chi connectivity index (χ4n) is 7.80. The molecule has 0 aromatic heterocycles. The molecular weight excluding hydrogens is 805 g/mol. The first-order valence-corrected chi connectivity index (χ1v) is 26.4. The van der Waals surface area contributed by atoms with Crippen LogP contribution in [0.5, 0.6) is 0 Å². The van der Waals surface area contributed by atoms with Crippen LogP contribution in [-0.2, 0) is 33.3 Å². The first-order valence-electron chi connectivity index (χ1n) is 26.4.